The van der Waals surface area contributed by atoms with Gasteiger partial charge in [0.1, 0.15) is 5.75 Å². The molecule has 1 aromatic heterocycles. The Morgan fingerprint density at radius 2 is 1.93 bits per heavy atom. The van der Waals surface area contributed by atoms with Crippen LogP contribution in [0.1, 0.15) is 42.9 Å². The molecule has 156 valence electrons. The van der Waals surface area contributed by atoms with Gasteiger partial charge in [0.05, 0.1) is 0 Å². The van der Waals surface area contributed by atoms with E-state index in [-0.39, 0.29) is 5.91 Å². The lowest BCUT2D eigenvalue weighted by molar-refractivity contribution is -0.122. The van der Waals surface area contributed by atoms with Crippen LogP contribution in [0, 0.1) is 0 Å². The zero-order chi connectivity index (χ0) is 20.8. The van der Waals surface area contributed by atoms with Crippen LogP contribution < -0.4 is 10.1 Å². The molecule has 1 atom stereocenters. The molecule has 0 saturated heterocycles. The lowest BCUT2D eigenvalue weighted by Crippen LogP contribution is -2.32. The van der Waals surface area contributed by atoms with Gasteiger partial charge in [0.2, 0.25) is 5.13 Å². The summed E-state index contributed by atoms with van der Waals surface area (Å²) in [7, 11) is 0. The molecular weight excluding hydrogens is 414 g/mol. The summed E-state index contributed by atoms with van der Waals surface area (Å²) in [5.74, 6) is 1.39. The zero-order valence-corrected chi connectivity index (χ0v) is 18.6. The predicted molar refractivity (Wildman–Crippen MR) is 122 cm³/mol. The maximum atomic E-state index is 12.7. The molecule has 1 aliphatic carbocycles. The smallest absolute Gasteiger partial charge is 0.267 e. The van der Waals surface area contributed by atoms with E-state index < -0.39 is 6.10 Å². The molecule has 2 aromatic carbocycles. The van der Waals surface area contributed by atoms with Crippen molar-refractivity contribution in [2.45, 2.75) is 55.2 Å². The Morgan fingerprint density at radius 3 is 2.73 bits per heavy atom. The van der Waals surface area contributed by atoms with Gasteiger partial charge in [0, 0.05) is 5.75 Å². The molecule has 1 unspecified atom stereocenters. The van der Waals surface area contributed by atoms with Crippen molar-refractivity contribution in [3.8, 4) is 5.75 Å². The second-order valence-corrected chi connectivity index (χ2v) is 9.49. The number of hydrogen-bond donors (Lipinski definition) is 1. The van der Waals surface area contributed by atoms with Crippen molar-refractivity contribution < 1.29 is 9.53 Å². The number of nitrogens with one attached hydrogen (secondary N) is 1. The molecule has 7 heteroatoms. The summed E-state index contributed by atoms with van der Waals surface area (Å²) in [6.45, 7) is 1.95. The minimum atomic E-state index is -0.559. The third-order valence-electron chi connectivity index (χ3n) is 5.10. The number of ether oxygens (including phenoxy) is 1. The minimum Gasteiger partial charge on any atom is -0.481 e. The van der Waals surface area contributed by atoms with E-state index in [0.717, 1.165) is 28.7 Å². The average molecular weight is 440 g/mol. The van der Waals surface area contributed by atoms with E-state index in [9.17, 15) is 4.79 Å². The third kappa shape index (κ3) is 5.40. The number of rotatable bonds is 8. The quantitative estimate of drug-likeness (QED) is 0.371. The van der Waals surface area contributed by atoms with Gasteiger partial charge in [0.25, 0.3) is 5.91 Å². The van der Waals surface area contributed by atoms with E-state index in [4.69, 9.17) is 4.74 Å². The lowest BCUT2D eigenvalue weighted by Gasteiger charge is -2.20. The summed E-state index contributed by atoms with van der Waals surface area (Å²) in [6.07, 6.45) is 4.71. The van der Waals surface area contributed by atoms with Crippen molar-refractivity contribution in [3.05, 3.63) is 65.2 Å². The number of hydrogen-bond acceptors (Lipinski definition) is 6. The van der Waals surface area contributed by atoms with E-state index in [1.165, 1.54) is 40.9 Å². The zero-order valence-electron chi connectivity index (χ0n) is 17.0. The first-order chi connectivity index (χ1) is 14.7. The molecule has 0 radical (unpaired) electrons. The van der Waals surface area contributed by atoms with E-state index in [1.54, 1.807) is 11.8 Å². The van der Waals surface area contributed by atoms with Gasteiger partial charge in [-0.2, -0.15) is 0 Å². The molecule has 0 saturated carbocycles. The maximum Gasteiger partial charge on any atom is 0.267 e. The Kier molecular flexibility index (Phi) is 7.02. The Bertz CT molecular complexity index is 991. The van der Waals surface area contributed by atoms with Crippen molar-refractivity contribution in [2.24, 2.45) is 0 Å². The number of amides is 1. The molecule has 1 N–H and O–H groups in total. The van der Waals surface area contributed by atoms with Gasteiger partial charge >= 0.3 is 0 Å². The Morgan fingerprint density at radius 1 is 1.13 bits per heavy atom. The third-order valence-corrected chi connectivity index (χ3v) is 7.15. The van der Waals surface area contributed by atoms with E-state index in [0.29, 0.717) is 11.6 Å². The van der Waals surface area contributed by atoms with Crippen molar-refractivity contribution in [1.29, 1.82) is 0 Å². The molecule has 3 aromatic rings. The molecule has 5 nitrogen and oxygen atoms in total. The number of aromatic nitrogens is 2. The molecule has 1 amide bonds. The molecule has 0 fully saturated rings. The highest BCUT2D eigenvalue weighted by atomic mass is 32.2. The monoisotopic (exact) mass is 439 g/mol. The fourth-order valence-corrected chi connectivity index (χ4v) is 5.20. The van der Waals surface area contributed by atoms with Crippen LogP contribution >= 0.6 is 23.1 Å². The van der Waals surface area contributed by atoms with Crippen LogP contribution in [0.3, 0.4) is 0 Å². The molecule has 1 aliphatic rings. The number of fused-ring (bicyclic) bond motifs is 1. The Hall–Kier alpha value is -2.38. The Labute approximate surface area is 185 Å². The summed E-state index contributed by atoms with van der Waals surface area (Å²) < 4.78 is 6.85. The van der Waals surface area contributed by atoms with Crippen molar-refractivity contribution in [3.63, 3.8) is 0 Å². The van der Waals surface area contributed by atoms with Crippen LogP contribution in [0.15, 0.2) is 52.9 Å². The van der Waals surface area contributed by atoms with Crippen LogP contribution in [0.2, 0.25) is 0 Å². The van der Waals surface area contributed by atoms with Crippen LogP contribution in [-0.4, -0.2) is 22.2 Å². The van der Waals surface area contributed by atoms with Gasteiger partial charge in [-0.05, 0) is 60.9 Å². The second-order valence-electron chi connectivity index (χ2n) is 7.29. The minimum absolute atomic E-state index is 0.189. The van der Waals surface area contributed by atoms with Gasteiger partial charge in [-0.1, -0.05) is 66.4 Å². The maximum absolute atomic E-state index is 12.7. The van der Waals surface area contributed by atoms with Crippen LogP contribution in [0.5, 0.6) is 5.75 Å². The van der Waals surface area contributed by atoms with Gasteiger partial charge in [-0.25, -0.2) is 0 Å². The summed E-state index contributed by atoms with van der Waals surface area (Å²) in [5, 5.41) is 11.7. The van der Waals surface area contributed by atoms with Gasteiger partial charge < -0.3 is 4.74 Å². The second kappa shape index (κ2) is 10.1. The van der Waals surface area contributed by atoms with Gasteiger partial charge in [-0.3, -0.25) is 10.1 Å². The van der Waals surface area contributed by atoms with E-state index >= 15 is 0 Å². The topological polar surface area (TPSA) is 64.1 Å². The summed E-state index contributed by atoms with van der Waals surface area (Å²) in [6, 6.07) is 16.4. The number of carbonyl (C=O) groups is 1. The van der Waals surface area contributed by atoms with Gasteiger partial charge in [-0.15, -0.1) is 10.2 Å². The molecule has 30 heavy (non-hydrogen) atoms. The largest absolute Gasteiger partial charge is 0.481 e. The van der Waals surface area contributed by atoms with E-state index in [1.807, 2.05) is 31.2 Å². The number of thioether (sulfide) groups is 1. The number of carbonyl (C=O) groups excluding carboxylic acids is 1. The molecular formula is C23H25N3O2S2. The van der Waals surface area contributed by atoms with Crippen molar-refractivity contribution in [1.82, 2.24) is 10.2 Å². The fraction of sp³-hybridized carbons (Fsp3) is 0.348. The average Bonchev–Trinajstić information content (AvgIpc) is 3.23. The molecule has 0 spiro atoms. The SMILES string of the molecule is CCC(Oc1ccc2c(c1)CCCC2)C(=O)Nc1nnc(SCc2ccccc2)s1. The van der Waals surface area contributed by atoms with Gasteiger partial charge in [0.15, 0.2) is 10.4 Å². The van der Waals surface area contributed by atoms with Crippen LogP contribution in [0.4, 0.5) is 5.13 Å². The normalized spacial score (nSPS) is 14.0. The fourth-order valence-electron chi connectivity index (χ4n) is 3.49. The standard InChI is InChI=1S/C23H25N3O2S2/c1-2-20(28-19-13-12-17-10-6-7-11-18(17)14-19)21(27)24-22-25-26-23(30-22)29-15-16-8-4-3-5-9-16/h3-5,8-9,12-14,20H,2,6-7,10-11,15H2,1H3,(H,24,25,27). The van der Waals surface area contributed by atoms with Crippen LogP contribution in [-0.2, 0) is 23.4 Å². The first-order valence-electron chi connectivity index (χ1n) is 10.3. The first kappa shape index (κ1) is 20.9. The molecule has 1 heterocycles. The number of benzene rings is 2. The Balaban J connectivity index is 1.33. The highest BCUT2D eigenvalue weighted by Crippen LogP contribution is 2.29. The molecule has 0 bridgehead atoms. The number of nitrogens with zero attached hydrogens (tertiary/aromatic N) is 2. The highest BCUT2D eigenvalue weighted by molar-refractivity contribution is 8.00. The predicted octanol–water partition coefficient (Wildman–Crippen LogP) is 5.51. The van der Waals surface area contributed by atoms with Crippen molar-refractivity contribution >= 4 is 34.1 Å². The van der Waals surface area contributed by atoms with Crippen molar-refractivity contribution in [2.75, 3.05) is 5.32 Å². The van der Waals surface area contributed by atoms with Crippen LogP contribution in [0.25, 0.3) is 0 Å². The first-order valence-corrected chi connectivity index (χ1v) is 12.1. The lowest BCUT2D eigenvalue weighted by atomic mass is 9.92. The number of aryl methyl sites for hydroxylation is 2. The summed E-state index contributed by atoms with van der Waals surface area (Å²) in [5.41, 5.74) is 3.98. The summed E-state index contributed by atoms with van der Waals surface area (Å²) in [4.78, 5) is 12.7. The highest BCUT2D eigenvalue weighted by Gasteiger charge is 2.21. The molecule has 4 rings (SSSR count). The summed E-state index contributed by atoms with van der Waals surface area (Å²) >= 11 is 3.00. The number of anilines is 1. The van der Waals surface area contributed by atoms with E-state index in [2.05, 4.69) is 39.8 Å². The molecule has 0 aliphatic heterocycles.